The van der Waals surface area contributed by atoms with Crippen molar-refractivity contribution >= 4 is 36.4 Å². The number of para-hydroxylation sites is 1. The molecular formula is C45H52N6O5Si. The molecule has 2 saturated heterocycles. The van der Waals surface area contributed by atoms with Crippen LogP contribution in [0.3, 0.4) is 0 Å². The summed E-state index contributed by atoms with van der Waals surface area (Å²) in [6.07, 6.45) is 4.08. The molecule has 6 atom stereocenters. The quantitative estimate of drug-likeness (QED) is 0.125. The fourth-order valence-corrected chi connectivity index (χ4v) is 13.7. The van der Waals surface area contributed by atoms with Gasteiger partial charge in [0.05, 0.1) is 57.8 Å². The Bertz CT molecular complexity index is 2210. The fourth-order valence-electron chi connectivity index (χ4n) is 9.66. The van der Waals surface area contributed by atoms with Gasteiger partial charge < -0.3 is 30.1 Å². The van der Waals surface area contributed by atoms with E-state index in [1.54, 1.807) is 7.11 Å². The van der Waals surface area contributed by atoms with Crippen LogP contribution in [0.1, 0.15) is 54.5 Å². The van der Waals surface area contributed by atoms with E-state index in [-0.39, 0.29) is 47.9 Å². The van der Waals surface area contributed by atoms with Crippen molar-refractivity contribution in [2.24, 2.45) is 5.92 Å². The summed E-state index contributed by atoms with van der Waals surface area (Å²) < 4.78 is 14.7. The number of aryl methyl sites for hydroxylation is 1. The van der Waals surface area contributed by atoms with Crippen molar-refractivity contribution in [3.05, 3.63) is 132 Å². The summed E-state index contributed by atoms with van der Waals surface area (Å²) in [6.45, 7) is 8.61. The van der Waals surface area contributed by atoms with Crippen molar-refractivity contribution in [2.75, 3.05) is 30.5 Å². The summed E-state index contributed by atoms with van der Waals surface area (Å²) in [5, 5.41) is 26.9. The molecule has 3 aliphatic rings. The first-order valence-corrected chi connectivity index (χ1v) is 23.1. The predicted molar refractivity (Wildman–Crippen MR) is 223 cm³/mol. The van der Waals surface area contributed by atoms with Crippen LogP contribution in [0, 0.1) is 5.92 Å². The molecule has 4 heterocycles. The molecule has 0 bridgehead atoms. The summed E-state index contributed by atoms with van der Waals surface area (Å²) in [4.78, 5) is 30.1. The maximum Gasteiger partial charge on any atom is 0.264 e. The molecule has 296 valence electrons. The minimum atomic E-state index is -2.36. The number of aliphatic hydroxyl groups excluding tert-OH is 1. The summed E-state index contributed by atoms with van der Waals surface area (Å²) in [6, 6.07) is 33.9. The van der Waals surface area contributed by atoms with Crippen molar-refractivity contribution in [3.63, 3.8) is 0 Å². The molecule has 0 saturated carbocycles. The zero-order valence-electron chi connectivity index (χ0n) is 33.1. The Morgan fingerprint density at radius 3 is 2.56 bits per heavy atom. The lowest BCUT2D eigenvalue weighted by Crippen LogP contribution is -2.51. The topological polar surface area (TPSA) is 131 Å². The smallest absolute Gasteiger partial charge is 0.264 e. The molecule has 2 amide bonds. The highest BCUT2D eigenvalue weighted by molar-refractivity contribution is 6.91. The number of carbonyl (C=O) groups excluding carboxylic acids is 2. The largest absolute Gasteiger partial charge is 0.497 e. The summed E-state index contributed by atoms with van der Waals surface area (Å²) in [7, 11) is -0.681. The Morgan fingerprint density at radius 1 is 1.05 bits per heavy atom. The van der Waals surface area contributed by atoms with E-state index >= 15 is 4.79 Å². The van der Waals surface area contributed by atoms with Crippen LogP contribution in [-0.2, 0) is 33.0 Å². The Hall–Kier alpha value is -5.14. The highest BCUT2D eigenvalue weighted by Crippen LogP contribution is 2.60. The van der Waals surface area contributed by atoms with Gasteiger partial charge in [0.15, 0.2) is 5.60 Å². The lowest BCUT2D eigenvalue weighted by atomic mass is 9.82. The number of amides is 2. The average Bonchev–Trinajstić information content (AvgIpc) is 4.04. The SMILES string of the molecule is COc1ccc([Si](C)(C)[C@@H]2[C@@H](CCn3cc(C(CO)c4ccccc4)nn3)O[C@]3(C(=O)N(Cc4cccc(NC(=O)[C@H]5CCCN5)c4)c4ccccc43)[C@H]2C)cc1. The molecule has 0 aliphatic carbocycles. The van der Waals surface area contributed by atoms with Crippen LogP contribution in [0.15, 0.2) is 109 Å². The summed E-state index contributed by atoms with van der Waals surface area (Å²) in [5.41, 5.74) is 3.92. The number of methoxy groups -OCH3 is 1. The molecule has 12 heteroatoms. The molecule has 3 N–H and O–H groups in total. The second-order valence-electron chi connectivity index (χ2n) is 16.2. The van der Waals surface area contributed by atoms with Gasteiger partial charge in [0.1, 0.15) is 5.75 Å². The molecule has 57 heavy (non-hydrogen) atoms. The van der Waals surface area contributed by atoms with Gasteiger partial charge in [0, 0.05) is 29.9 Å². The molecule has 1 spiro atoms. The van der Waals surface area contributed by atoms with E-state index in [2.05, 4.69) is 59.2 Å². The molecule has 1 unspecified atom stereocenters. The van der Waals surface area contributed by atoms with Crippen LogP contribution in [-0.4, -0.2) is 72.4 Å². The number of benzene rings is 4. The van der Waals surface area contributed by atoms with E-state index in [1.165, 1.54) is 5.19 Å². The molecule has 3 aliphatic heterocycles. The van der Waals surface area contributed by atoms with Crippen molar-refractivity contribution in [3.8, 4) is 5.75 Å². The first kappa shape index (κ1) is 38.7. The molecule has 2 fully saturated rings. The highest BCUT2D eigenvalue weighted by Gasteiger charge is 2.66. The lowest BCUT2D eigenvalue weighted by Gasteiger charge is -2.37. The van der Waals surface area contributed by atoms with E-state index in [9.17, 15) is 9.90 Å². The second kappa shape index (κ2) is 16.0. The molecular weight excluding hydrogens is 733 g/mol. The zero-order chi connectivity index (χ0) is 39.7. The number of hydrogen-bond donors (Lipinski definition) is 3. The number of aliphatic hydroxyl groups is 1. The van der Waals surface area contributed by atoms with E-state index in [4.69, 9.17) is 9.47 Å². The number of nitrogens with zero attached hydrogens (tertiary/aromatic N) is 4. The van der Waals surface area contributed by atoms with Gasteiger partial charge in [-0.05, 0) is 72.8 Å². The number of ether oxygens (including phenoxy) is 2. The third kappa shape index (κ3) is 7.20. The fraction of sp³-hybridized carbons (Fsp3) is 0.378. The summed E-state index contributed by atoms with van der Waals surface area (Å²) >= 11 is 0. The van der Waals surface area contributed by atoms with Crippen LogP contribution in [0.2, 0.25) is 18.6 Å². The van der Waals surface area contributed by atoms with Gasteiger partial charge in [-0.3, -0.25) is 14.3 Å². The van der Waals surface area contributed by atoms with Gasteiger partial charge in [-0.25, -0.2) is 0 Å². The number of rotatable bonds is 13. The minimum Gasteiger partial charge on any atom is -0.497 e. The summed E-state index contributed by atoms with van der Waals surface area (Å²) in [5.74, 6) is 0.272. The Kier molecular flexibility index (Phi) is 10.9. The highest BCUT2D eigenvalue weighted by atomic mass is 28.3. The Labute approximate surface area is 335 Å². The van der Waals surface area contributed by atoms with Crippen molar-refractivity contribution in [1.29, 1.82) is 0 Å². The first-order valence-electron chi connectivity index (χ1n) is 20.1. The molecule has 8 rings (SSSR count). The van der Waals surface area contributed by atoms with Crippen LogP contribution in [0.25, 0.3) is 0 Å². The van der Waals surface area contributed by atoms with E-state index in [0.717, 1.165) is 47.5 Å². The van der Waals surface area contributed by atoms with Gasteiger partial charge in [-0.1, -0.05) is 103 Å². The maximum atomic E-state index is 15.3. The normalized spacial score (nSPS) is 23.5. The monoisotopic (exact) mass is 784 g/mol. The first-order chi connectivity index (χ1) is 27.6. The number of aromatic nitrogens is 3. The number of hydrogen-bond acceptors (Lipinski definition) is 8. The second-order valence-corrected chi connectivity index (χ2v) is 20.9. The van der Waals surface area contributed by atoms with Gasteiger partial charge in [0.25, 0.3) is 5.91 Å². The van der Waals surface area contributed by atoms with Crippen LogP contribution in [0.4, 0.5) is 11.4 Å². The van der Waals surface area contributed by atoms with Crippen LogP contribution >= 0.6 is 0 Å². The number of anilines is 2. The Morgan fingerprint density at radius 2 is 1.82 bits per heavy atom. The van der Waals surface area contributed by atoms with Gasteiger partial charge >= 0.3 is 0 Å². The zero-order valence-corrected chi connectivity index (χ0v) is 34.1. The maximum absolute atomic E-state index is 15.3. The average molecular weight is 785 g/mol. The van der Waals surface area contributed by atoms with Gasteiger partial charge in [-0.2, -0.15) is 0 Å². The molecule has 11 nitrogen and oxygen atoms in total. The van der Waals surface area contributed by atoms with Crippen LogP contribution < -0.4 is 25.5 Å². The lowest BCUT2D eigenvalue weighted by molar-refractivity contribution is -0.146. The van der Waals surface area contributed by atoms with Crippen LogP contribution in [0.5, 0.6) is 5.75 Å². The van der Waals surface area contributed by atoms with E-state index < -0.39 is 13.7 Å². The molecule has 1 aromatic heterocycles. The standard InChI is InChI=1S/C45H52N6O5Si/c1-30-42(57(3,4)35-21-19-34(55-2)20-22-35)41(23-25-50-28-39(48-49-50)36(29-52)32-13-6-5-7-14-32)56-45(30)37-16-8-9-18-40(37)51(44(45)54)27-31-12-10-15-33(26-31)47-43(53)38-17-11-24-46-38/h5-10,12-16,18-22,26,28,30,36,38,41-42,46,52H,11,17,23-25,27,29H2,1-4H3,(H,47,53)/t30-,36?,38+,41+,42-,45+/m0/s1. The van der Waals surface area contributed by atoms with Crippen molar-refractivity contribution in [2.45, 2.75) is 81.6 Å². The third-order valence-corrected chi connectivity index (χ3v) is 17.0. The van der Waals surface area contributed by atoms with E-state index in [0.29, 0.717) is 30.9 Å². The van der Waals surface area contributed by atoms with Crippen molar-refractivity contribution < 1.29 is 24.2 Å². The molecule has 0 radical (unpaired) electrons. The van der Waals surface area contributed by atoms with Crippen molar-refractivity contribution in [1.82, 2.24) is 20.3 Å². The number of carbonyl (C=O) groups is 2. The van der Waals surface area contributed by atoms with Gasteiger partial charge in [-0.15, -0.1) is 5.10 Å². The Balaban J connectivity index is 1.10. The van der Waals surface area contributed by atoms with Gasteiger partial charge in [0.2, 0.25) is 5.91 Å². The number of fused-ring (bicyclic) bond motifs is 2. The number of nitrogens with one attached hydrogen (secondary N) is 2. The van der Waals surface area contributed by atoms with E-state index in [1.807, 2.05) is 101 Å². The minimum absolute atomic E-state index is 0.0355. The molecule has 5 aromatic rings. The predicted octanol–water partition coefficient (Wildman–Crippen LogP) is 5.95. The molecule has 4 aromatic carbocycles. The third-order valence-electron chi connectivity index (χ3n) is 12.6.